The Morgan fingerprint density at radius 1 is 1.53 bits per heavy atom. The lowest BCUT2D eigenvalue weighted by Gasteiger charge is -2.09. The molecule has 1 unspecified atom stereocenters. The molecule has 2 rings (SSSR count). The molecule has 1 aliphatic rings. The Hall–Kier alpha value is -1.00. The van der Waals surface area contributed by atoms with Crippen molar-refractivity contribution in [3.63, 3.8) is 0 Å². The van der Waals surface area contributed by atoms with Crippen molar-refractivity contribution < 1.29 is 9.59 Å². The molecule has 1 amide bonds. The summed E-state index contributed by atoms with van der Waals surface area (Å²) in [6, 6.07) is 7.35. The Labute approximate surface area is 109 Å². The molecule has 17 heavy (non-hydrogen) atoms. The molecule has 90 valence electrons. The van der Waals surface area contributed by atoms with Crippen molar-refractivity contribution in [2.24, 2.45) is 0 Å². The van der Waals surface area contributed by atoms with Crippen LogP contribution in [0.4, 0.5) is 0 Å². The number of rotatable bonds is 3. The molecule has 0 aromatic heterocycles. The van der Waals surface area contributed by atoms with Gasteiger partial charge in [-0.05, 0) is 17.7 Å². The smallest absolute Gasteiger partial charge is 0.233 e. The summed E-state index contributed by atoms with van der Waals surface area (Å²) < 4.78 is 0. The average molecular weight is 270 g/mol. The molecule has 1 N–H and O–H groups in total. The van der Waals surface area contributed by atoms with E-state index in [0.29, 0.717) is 23.7 Å². The first-order valence-electron chi connectivity index (χ1n) is 5.30. The van der Waals surface area contributed by atoms with E-state index in [-0.39, 0.29) is 16.9 Å². The predicted molar refractivity (Wildman–Crippen MR) is 69.2 cm³/mol. The molecule has 1 aromatic rings. The Kier molecular flexibility index (Phi) is 4.07. The van der Waals surface area contributed by atoms with E-state index in [1.54, 1.807) is 6.07 Å². The number of ketones is 1. The van der Waals surface area contributed by atoms with Crippen LogP contribution in [0.3, 0.4) is 0 Å². The van der Waals surface area contributed by atoms with Crippen molar-refractivity contribution in [2.45, 2.75) is 18.2 Å². The van der Waals surface area contributed by atoms with Gasteiger partial charge in [0.25, 0.3) is 0 Å². The SMILES string of the molecule is O=C1CSC(C(=O)NCc2cccc(Cl)c2)C1. The lowest BCUT2D eigenvalue weighted by Crippen LogP contribution is -2.31. The minimum Gasteiger partial charge on any atom is -0.351 e. The van der Waals surface area contributed by atoms with E-state index in [9.17, 15) is 9.59 Å². The van der Waals surface area contributed by atoms with Gasteiger partial charge in [0, 0.05) is 18.0 Å². The van der Waals surface area contributed by atoms with Crippen LogP contribution in [0.15, 0.2) is 24.3 Å². The van der Waals surface area contributed by atoms with Gasteiger partial charge in [-0.2, -0.15) is 0 Å². The number of hydrogen-bond acceptors (Lipinski definition) is 3. The molecule has 1 aliphatic heterocycles. The number of benzene rings is 1. The Bertz CT molecular complexity index is 450. The second kappa shape index (κ2) is 5.56. The number of carbonyl (C=O) groups is 2. The summed E-state index contributed by atoms with van der Waals surface area (Å²) in [5.41, 5.74) is 0.958. The summed E-state index contributed by atoms with van der Waals surface area (Å²) in [6.45, 7) is 0.449. The molecule has 0 aliphatic carbocycles. The first-order chi connectivity index (χ1) is 8.15. The fraction of sp³-hybridized carbons (Fsp3) is 0.333. The van der Waals surface area contributed by atoms with E-state index in [2.05, 4.69) is 5.32 Å². The van der Waals surface area contributed by atoms with Crippen molar-refractivity contribution in [1.82, 2.24) is 5.32 Å². The number of halogens is 1. The van der Waals surface area contributed by atoms with E-state index in [0.717, 1.165) is 5.56 Å². The summed E-state index contributed by atoms with van der Waals surface area (Å²) in [5, 5.41) is 3.25. The molecule has 0 radical (unpaired) electrons. The highest BCUT2D eigenvalue weighted by molar-refractivity contribution is 8.01. The zero-order valence-electron chi connectivity index (χ0n) is 9.11. The number of thioether (sulfide) groups is 1. The van der Waals surface area contributed by atoms with Gasteiger partial charge in [0.15, 0.2) is 0 Å². The highest BCUT2D eigenvalue weighted by Gasteiger charge is 2.28. The quantitative estimate of drug-likeness (QED) is 0.913. The second-order valence-corrected chi connectivity index (χ2v) is 5.52. The van der Waals surface area contributed by atoms with Gasteiger partial charge in [0.05, 0.1) is 11.0 Å². The maximum absolute atomic E-state index is 11.7. The number of Topliss-reactive ketones (excluding diaryl/α,β-unsaturated/α-hetero) is 1. The van der Waals surface area contributed by atoms with Crippen LogP contribution in [0.5, 0.6) is 0 Å². The van der Waals surface area contributed by atoms with Crippen LogP contribution in [0.1, 0.15) is 12.0 Å². The topological polar surface area (TPSA) is 46.2 Å². The molecule has 0 saturated carbocycles. The maximum Gasteiger partial charge on any atom is 0.233 e. The number of carbonyl (C=O) groups excluding carboxylic acids is 2. The Morgan fingerprint density at radius 2 is 2.35 bits per heavy atom. The highest BCUT2D eigenvalue weighted by atomic mass is 35.5. The maximum atomic E-state index is 11.7. The molecule has 0 spiro atoms. The van der Waals surface area contributed by atoms with Crippen LogP contribution in [0, 0.1) is 0 Å². The Balaban J connectivity index is 1.86. The lowest BCUT2D eigenvalue weighted by atomic mass is 10.2. The zero-order valence-corrected chi connectivity index (χ0v) is 10.7. The van der Waals surface area contributed by atoms with Gasteiger partial charge >= 0.3 is 0 Å². The normalized spacial score (nSPS) is 19.4. The second-order valence-electron chi connectivity index (χ2n) is 3.89. The number of hydrogen-bond donors (Lipinski definition) is 1. The van der Waals surface area contributed by atoms with Crippen LogP contribution in [0.2, 0.25) is 5.02 Å². The van der Waals surface area contributed by atoms with Crippen LogP contribution >= 0.6 is 23.4 Å². The molecule has 5 heteroatoms. The van der Waals surface area contributed by atoms with Crippen LogP contribution in [0.25, 0.3) is 0 Å². The standard InChI is InChI=1S/C12H12ClNO2S/c13-9-3-1-2-8(4-9)6-14-12(16)11-5-10(15)7-17-11/h1-4,11H,5-7H2,(H,14,16). The van der Waals surface area contributed by atoms with Gasteiger partial charge < -0.3 is 5.32 Å². The minimum absolute atomic E-state index is 0.0687. The highest BCUT2D eigenvalue weighted by Crippen LogP contribution is 2.23. The van der Waals surface area contributed by atoms with Crippen LogP contribution < -0.4 is 5.32 Å². The van der Waals surface area contributed by atoms with Gasteiger partial charge in [-0.15, -0.1) is 11.8 Å². The third-order valence-electron chi connectivity index (χ3n) is 2.51. The van der Waals surface area contributed by atoms with E-state index >= 15 is 0 Å². The number of amides is 1. The van der Waals surface area contributed by atoms with E-state index < -0.39 is 0 Å². The largest absolute Gasteiger partial charge is 0.351 e. The molecule has 1 fully saturated rings. The molecular weight excluding hydrogens is 258 g/mol. The fourth-order valence-electron chi connectivity index (χ4n) is 1.64. The molecule has 1 atom stereocenters. The van der Waals surface area contributed by atoms with Crippen molar-refractivity contribution in [3.8, 4) is 0 Å². The van der Waals surface area contributed by atoms with Gasteiger partial charge in [-0.25, -0.2) is 0 Å². The van der Waals surface area contributed by atoms with Crippen molar-refractivity contribution in [3.05, 3.63) is 34.9 Å². The summed E-state index contributed by atoms with van der Waals surface area (Å²) in [7, 11) is 0. The predicted octanol–water partition coefficient (Wildman–Crippen LogP) is 2.03. The summed E-state index contributed by atoms with van der Waals surface area (Å²) in [5.74, 6) is 0.536. The van der Waals surface area contributed by atoms with Gasteiger partial charge in [-0.1, -0.05) is 23.7 Å². The monoisotopic (exact) mass is 269 g/mol. The van der Waals surface area contributed by atoms with E-state index in [1.807, 2.05) is 18.2 Å². The third-order valence-corrected chi connectivity index (χ3v) is 4.01. The third kappa shape index (κ3) is 3.48. The summed E-state index contributed by atoms with van der Waals surface area (Å²) in [4.78, 5) is 22.8. The summed E-state index contributed by atoms with van der Waals surface area (Å²) in [6.07, 6.45) is 0.353. The molecular formula is C12H12ClNO2S. The minimum atomic E-state index is -0.221. The van der Waals surface area contributed by atoms with E-state index in [1.165, 1.54) is 11.8 Å². The van der Waals surface area contributed by atoms with Crippen molar-refractivity contribution >= 4 is 35.1 Å². The fourth-order valence-corrected chi connectivity index (χ4v) is 2.89. The van der Waals surface area contributed by atoms with Crippen molar-refractivity contribution in [2.75, 3.05) is 5.75 Å². The summed E-state index contributed by atoms with van der Waals surface area (Å²) >= 11 is 7.25. The Morgan fingerprint density at radius 3 is 3.00 bits per heavy atom. The van der Waals surface area contributed by atoms with Crippen LogP contribution in [-0.2, 0) is 16.1 Å². The van der Waals surface area contributed by atoms with Gasteiger partial charge in [-0.3, -0.25) is 9.59 Å². The van der Waals surface area contributed by atoms with Crippen molar-refractivity contribution in [1.29, 1.82) is 0 Å². The number of nitrogens with one attached hydrogen (secondary N) is 1. The van der Waals surface area contributed by atoms with E-state index in [4.69, 9.17) is 11.6 Å². The molecule has 3 nitrogen and oxygen atoms in total. The molecule has 1 heterocycles. The van der Waals surface area contributed by atoms with Gasteiger partial charge in [0.2, 0.25) is 5.91 Å². The zero-order chi connectivity index (χ0) is 12.3. The van der Waals surface area contributed by atoms with Gasteiger partial charge in [0.1, 0.15) is 5.78 Å². The van der Waals surface area contributed by atoms with Crippen LogP contribution in [-0.4, -0.2) is 22.7 Å². The lowest BCUT2D eigenvalue weighted by molar-refractivity contribution is -0.123. The molecule has 1 aromatic carbocycles. The molecule has 0 bridgehead atoms. The molecule has 1 saturated heterocycles. The first-order valence-corrected chi connectivity index (χ1v) is 6.73. The first kappa shape index (κ1) is 12.5. The average Bonchev–Trinajstić information content (AvgIpc) is 2.73.